The molecule has 0 saturated carbocycles. The Morgan fingerprint density at radius 3 is 3.07 bits per heavy atom. The van der Waals surface area contributed by atoms with Crippen LogP contribution in [0.15, 0.2) is 18.2 Å². The summed E-state index contributed by atoms with van der Waals surface area (Å²) in [7, 11) is 0. The van der Waals surface area contributed by atoms with Crippen molar-refractivity contribution in [1.29, 1.82) is 0 Å². The van der Waals surface area contributed by atoms with Crippen molar-refractivity contribution in [3.8, 4) is 0 Å². The highest BCUT2D eigenvalue weighted by molar-refractivity contribution is 8.00. The number of nitrogen functional groups attached to an aromatic ring is 1. The van der Waals surface area contributed by atoms with E-state index in [1.807, 2.05) is 12.1 Å². The Balaban J connectivity index is 1.97. The van der Waals surface area contributed by atoms with Gasteiger partial charge in [0.05, 0.1) is 11.4 Å². The van der Waals surface area contributed by atoms with Gasteiger partial charge < -0.3 is 11.1 Å². The second-order valence-electron chi connectivity index (χ2n) is 4.06. The fourth-order valence-corrected chi connectivity index (χ4v) is 3.15. The van der Waals surface area contributed by atoms with Crippen LogP contribution >= 0.6 is 11.8 Å². The summed E-state index contributed by atoms with van der Waals surface area (Å²) in [6, 6.07) is 6.05. The maximum Gasteiger partial charge on any atom is 0.0603 e. The van der Waals surface area contributed by atoms with Crippen LogP contribution in [-0.4, -0.2) is 17.5 Å². The van der Waals surface area contributed by atoms with Crippen LogP contribution in [0.1, 0.15) is 18.4 Å². The molecule has 1 aromatic rings. The van der Waals surface area contributed by atoms with Gasteiger partial charge in [-0.05, 0) is 37.1 Å². The van der Waals surface area contributed by atoms with E-state index in [9.17, 15) is 0 Å². The molecule has 0 amide bonds. The second kappa shape index (κ2) is 4.79. The summed E-state index contributed by atoms with van der Waals surface area (Å²) in [5.41, 5.74) is 9.15. The highest BCUT2D eigenvalue weighted by Gasteiger charge is 2.15. The van der Waals surface area contributed by atoms with Gasteiger partial charge in [-0.25, -0.2) is 0 Å². The predicted molar refractivity (Wildman–Crippen MR) is 69.6 cm³/mol. The standard InChI is InChI=1S/C12H18N2S/c1-9-4-2-6-11(13)12(9)14-8-10-5-3-7-15-10/h2,4,6,10,14H,3,5,7-8,13H2,1H3. The largest absolute Gasteiger partial charge is 0.397 e. The molecule has 2 nitrogen and oxygen atoms in total. The number of thioether (sulfide) groups is 1. The number of nitrogens with one attached hydrogen (secondary N) is 1. The van der Waals surface area contributed by atoms with E-state index < -0.39 is 0 Å². The van der Waals surface area contributed by atoms with Crippen LogP contribution in [0.3, 0.4) is 0 Å². The normalized spacial score (nSPS) is 20.5. The molecule has 0 bridgehead atoms. The summed E-state index contributed by atoms with van der Waals surface area (Å²) >= 11 is 2.07. The number of nitrogens with two attached hydrogens (primary N) is 1. The van der Waals surface area contributed by atoms with Crippen LogP contribution in [0.2, 0.25) is 0 Å². The predicted octanol–water partition coefficient (Wildman–Crippen LogP) is 2.88. The number of para-hydroxylation sites is 1. The fourth-order valence-electron chi connectivity index (χ4n) is 1.95. The van der Waals surface area contributed by atoms with Crippen molar-refractivity contribution in [1.82, 2.24) is 0 Å². The summed E-state index contributed by atoms with van der Waals surface area (Å²) in [6.07, 6.45) is 2.70. The van der Waals surface area contributed by atoms with Crippen molar-refractivity contribution in [3.63, 3.8) is 0 Å². The van der Waals surface area contributed by atoms with E-state index in [0.717, 1.165) is 23.2 Å². The van der Waals surface area contributed by atoms with Crippen LogP contribution in [0.5, 0.6) is 0 Å². The topological polar surface area (TPSA) is 38.0 Å². The molecule has 3 N–H and O–H groups in total. The summed E-state index contributed by atoms with van der Waals surface area (Å²) in [4.78, 5) is 0. The van der Waals surface area contributed by atoms with E-state index in [2.05, 4.69) is 30.1 Å². The van der Waals surface area contributed by atoms with Crippen molar-refractivity contribution >= 4 is 23.1 Å². The van der Waals surface area contributed by atoms with Gasteiger partial charge in [-0.3, -0.25) is 0 Å². The highest BCUT2D eigenvalue weighted by atomic mass is 32.2. The number of benzene rings is 1. The summed E-state index contributed by atoms with van der Waals surface area (Å²) < 4.78 is 0. The molecule has 15 heavy (non-hydrogen) atoms. The average Bonchev–Trinajstić information content (AvgIpc) is 2.70. The summed E-state index contributed by atoms with van der Waals surface area (Å²) in [5, 5.41) is 4.24. The van der Waals surface area contributed by atoms with Crippen molar-refractivity contribution in [2.75, 3.05) is 23.3 Å². The third-order valence-corrected chi connectivity index (χ3v) is 4.23. The Hall–Kier alpha value is -0.830. The fraction of sp³-hybridized carbons (Fsp3) is 0.500. The first kappa shape index (κ1) is 10.7. The van der Waals surface area contributed by atoms with Gasteiger partial charge in [0, 0.05) is 11.8 Å². The van der Waals surface area contributed by atoms with Gasteiger partial charge in [0.15, 0.2) is 0 Å². The SMILES string of the molecule is Cc1cccc(N)c1NCC1CCCS1. The molecule has 1 saturated heterocycles. The lowest BCUT2D eigenvalue weighted by atomic mass is 10.1. The molecule has 0 radical (unpaired) electrons. The zero-order valence-electron chi connectivity index (χ0n) is 9.12. The molecule has 1 heterocycles. The van der Waals surface area contributed by atoms with E-state index in [1.165, 1.54) is 24.2 Å². The Bertz CT molecular complexity index is 312. The molecule has 2 rings (SSSR count). The van der Waals surface area contributed by atoms with Gasteiger partial charge in [-0.2, -0.15) is 11.8 Å². The average molecular weight is 222 g/mol. The maximum atomic E-state index is 5.94. The molecular weight excluding hydrogens is 204 g/mol. The molecule has 1 fully saturated rings. The molecule has 0 aromatic heterocycles. The van der Waals surface area contributed by atoms with Gasteiger partial charge in [-0.1, -0.05) is 12.1 Å². The smallest absolute Gasteiger partial charge is 0.0603 e. The first-order chi connectivity index (χ1) is 7.27. The number of aryl methyl sites for hydroxylation is 1. The number of rotatable bonds is 3. The Kier molecular flexibility index (Phi) is 3.41. The van der Waals surface area contributed by atoms with Crippen molar-refractivity contribution in [3.05, 3.63) is 23.8 Å². The zero-order valence-corrected chi connectivity index (χ0v) is 9.94. The van der Waals surface area contributed by atoms with E-state index in [4.69, 9.17) is 5.73 Å². The van der Waals surface area contributed by atoms with Crippen molar-refractivity contribution in [2.24, 2.45) is 0 Å². The molecule has 0 aliphatic carbocycles. The minimum atomic E-state index is 0.768. The second-order valence-corrected chi connectivity index (χ2v) is 5.46. The number of hydrogen-bond donors (Lipinski definition) is 2. The van der Waals surface area contributed by atoms with Crippen molar-refractivity contribution < 1.29 is 0 Å². The van der Waals surface area contributed by atoms with E-state index in [1.54, 1.807) is 0 Å². The van der Waals surface area contributed by atoms with Crippen LogP contribution in [0, 0.1) is 6.92 Å². The molecule has 3 heteroatoms. The maximum absolute atomic E-state index is 5.94. The van der Waals surface area contributed by atoms with Crippen LogP contribution in [0.25, 0.3) is 0 Å². The van der Waals surface area contributed by atoms with Crippen LogP contribution in [0.4, 0.5) is 11.4 Å². The van der Waals surface area contributed by atoms with Gasteiger partial charge in [-0.15, -0.1) is 0 Å². The third kappa shape index (κ3) is 2.59. The van der Waals surface area contributed by atoms with Gasteiger partial charge in [0.25, 0.3) is 0 Å². The van der Waals surface area contributed by atoms with Crippen LogP contribution < -0.4 is 11.1 Å². The molecule has 0 spiro atoms. The summed E-state index contributed by atoms with van der Waals surface area (Å²) in [5.74, 6) is 1.32. The lowest BCUT2D eigenvalue weighted by molar-refractivity contribution is 0.805. The molecule has 1 aliphatic heterocycles. The molecule has 1 unspecified atom stereocenters. The van der Waals surface area contributed by atoms with E-state index >= 15 is 0 Å². The van der Waals surface area contributed by atoms with E-state index in [-0.39, 0.29) is 0 Å². The molecule has 1 aliphatic rings. The molecule has 1 atom stereocenters. The Morgan fingerprint density at radius 2 is 2.40 bits per heavy atom. The quantitative estimate of drug-likeness (QED) is 0.772. The lowest BCUT2D eigenvalue weighted by Gasteiger charge is -2.15. The molecule has 1 aromatic carbocycles. The minimum absolute atomic E-state index is 0.768. The van der Waals surface area contributed by atoms with Gasteiger partial charge in [0.1, 0.15) is 0 Å². The first-order valence-electron chi connectivity index (χ1n) is 5.48. The molecule has 82 valence electrons. The minimum Gasteiger partial charge on any atom is -0.397 e. The monoisotopic (exact) mass is 222 g/mol. The zero-order chi connectivity index (χ0) is 10.7. The lowest BCUT2D eigenvalue weighted by Crippen LogP contribution is -2.15. The number of hydrogen-bond acceptors (Lipinski definition) is 3. The highest BCUT2D eigenvalue weighted by Crippen LogP contribution is 2.28. The van der Waals surface area contributed by atoms with E-state index in [0.29, 0.717) is 0 Å². The molecular formula is C12H18N2S. The van der Waals surface area contributed by atoms with Crippen LogP contribution in [-0.2, 0) is 0 Å². The van der Waals surface area contributed by atoms with Gasteiger partial charge >= 0.3 is 0 Å². The Labute approximate surface area is 95.6 Å². The number of anilines is 2. The Morgan fingerprint density at radius 1 is 1.53 bits per heavy atom. The third-order valence-electron chi connectivity index (χ3n) is 2.84. The van der Waals surface area contributed by atoms with Gasteiger partial charge in [0.2, 0.25) is 0 Å². The van der Waals surface area contributed by atoms with Crippen molar-refractivity contribution in [2.45, 2.75) is 25.0 Å². The first-order valence-corrected chi connectivity index (χ1v) is 6.53. The summed E-state index contributed by atoms with van der Waals surface area (Å²) in [6.45, 7) is 3.14.